The highest BCUT2D eigenvalue weighted by Crippen LogP contribution is 2.43. The fourth-order valence-electron chi connectivity index (χ4n) is 4.46. The van der Waals surface area contributed by atoms with Gasteiger partial charge in [0.05, 0.1) is 4.47 Å². The lowest BCUT2D eigenvalue weighted by Gasteiger charge is -2.48. The highest BCUT2D eigenvalue weighted by atomic mass is 79.9. The first-order valence-electron chi connectivity index (χ1n) is 10.0. The van der Waals surface area contributed by atoms with Crippen LogP contribution >= 0.6 is 15.9 Å². The van der Waals surface area contributed by atoms with Gasteiger partial charge in [-0.2, -0.15) is 0 Å². The molecule has 1 saturated carbocycles. The van der Waals surface area contributed by atoms with E-state index in [1.165, 1.54) is 64.5 Å². The van der Waals surface area contributed by atoms with Gasteiger partial charge in [-0.05, 0) is 78.5 Å². The molecule has 2 fully saturated rings. The number of rotatable bonds is 2. The Bertz CT molecular complexity index is 708. The summed E-state index contributed by atoms with van der Waals surface area (Å²) >= 11 is 2.83. The zero-order valence-electron chi connectivity index (χ0n) is 15.8. The van der Waals surface area contributed by atoms with Crippen LogP contribution in [-0.2, 0) is 5.54 Å². The van der Waals surface area contributed by atoms with E-state index in [1.807, 2.05) is 0 Å². The number of hydrogen-bond donors (Lipinski definition) is 0. The molecule has 146 valence electrons. The fraction of sp³-hybridized carbons (Fsp3) is 0.478. The Hall–Kier alpha value is -1.26. The molecule has 2 aromatic carbocycles. The third-order valence-electron chi connectivity index (χ3n) is 5.83. The summed E-state index contributed by atoms with van der Waals surface area (Å²) in [6.07, 6.45) is 11.2. The van der Waals surface area contributed by atoms with Gasteiger partial charge in [-0.25, -0.2) is 8.78 Å². The minimum Gasteiger partial charge on any atom is -0.294 e. The van der Waals surface area contributed by atoms with Crippen LogP contribution in [0.5, 0.6) is 0 Å². The van der Waals surface area contributed by atoms with E-state index in [0.717, 1.165) is 18.2 Å². The van der Waals surface area contributed by atoms with Crippen molar-refractivity contribution in [3.63, 3.8) is 0 Å². The van der Waals surface area contributed by atoms with Crippen LogP contribution in [0.25, 0.3) is 0 Å². The topological polar surface area (TPSA) is 3.24 Å². The molecule has 0 amide bonds. The van der Waals surface area contributed by atoms with Crippen molar-refractivity contribution < 1.29 is 8.78 Å². The molecule has 1 aliphatic heterocycles. The number of likely N-dealkylation sites (tertiary alicyclic amines) is 1. The summed E-state index contributed by atoms with van der Waals surface area (Å²) in [5.74, 6) is -0.889. The number of hydrogen-bond acceptors (Lipinski definition) is 1. The van der Waals surface area contributed by atoms with Gasteiger partial charge in [-0.1, -0.05) is 56.0 Å². The van der Waals surface area contributed by atoms with E-state index in [1.54, 1.807) is 5.56 Å². The maximum absolute atomic E-state index is 12.3. The third kappa shape index (κ3) is 5.17. The second kappa shape index (κ2) is 9.79. The lowest BCUT2D eigenvalue weighted by atomic mass is 9.74. The Morgan fingerprint density at radius 3 is 2.00 bits per heavy atom. The second-order valence-corrected chi connectivity index (χ2v) is 8.42. The van der Waals surface area contributed by atoms with Crippen LogP contribution in [0.1, 0.15) is 56.9 Å². The molecule has 1 aliphatic carbocycles. The van der Waals surface area contributed by atoms with Gasteiger partial charge in [0.15, 0.2) is 0 Å². The summed E-state index contributed by atoms with van der Waals surface area (Å²) < 4.78 is 24.6. The molecular weight excluding hydrogens is 408 g/mol. The van der Waals surface area contributed by atoms with Crippen molar-refractivity contribution in [2.45, 2.75) is 56.9 Å². The smallest absolute Gasteiger partial charge is 0.137 e. The predicted molar refractivity (Wildman–Crippen MR) is 111 cm³/mol. The summed E-state index contributed by atoms with van der Waals surface area (Å²) in [6.45, 7) is 2.63. The predicted octanol–water partition coefficient (Wildman–Crippen LogP) is 7.06. The second-order valence-electron chi connectivity index (χ2n) is 7.56. The van der Waals surface area contributed by atoms with Crippen molar-refractivity contribution in [3.8, 4) is 0 Å². The number of halogens is 3. The summed E-state index contributed by atoms with van der Waals surface area (Å²) in [7, 11) is 0. The van der Waals surface area contributed by atoms with Crippen molar-refractivity contribution >= 4 is 15.9 Å². The molecule has 0 N–H and O–H groups in total. The standard InChI is InChI=1S/C17H25N.C6H3BrF2/c1-4-10-16(11-5-1)17(12-6-2-7-13-17)18-14-8-3-9-15-18;7-5-3-4(8)1-2-6(5)9/h1,4-5,10-11H,2-3,6-9,12-15H2;1-3H. The Labute approximate surface area is 169 Å². The monoisotopic (exact) mass is 435 g/mol. The van der Waals surface area contributed by atoms with Gasteiger partial charge in [-0.3, -0.25) is 4.90 Å². The molecule has 1 heterocycles. The van der Waals surface area contributed by atoms with E-state index in [-0.39, 0.29) is 4.47 Å². The molecule has 2 aliphatic rings. The van der Waals surface area contributed by atoms with Crippen molar-refractivity contribution in [3.05, 3.63) is 70.2 Å². The SMILES string of the molecule is Fc1ccc(F)c(Br)c1.c1ccc(C2(N3CCCCC3)CCCCC2)cc1. The molecule has 0 aromatic heterocycles. The molecule has 0 bridgehead atoms. The average molecular weight is 436 g/mol. The lowest BCUT2D eigenvalue weighted by molar-refractivity contribution is 0.0303. The molecule has 2 aromatic rings. The van der Waals surface area contributed by atoms with Crippen LogP contribution in [0.2, 0.25) is 0 Å². The van der Waals surface area contributed by atoms with Gasteiger partial charge < -0.3 is 0 Å². The maximum Gasteiger partial charge on any atom is 0.137 e. The maximum atomic E-state index is 12.3. The molecule has 4 rings (SSSR count). The Morgan fingerprint density at radius 1 is 0.778 bits per heavy atom. The lowest BCUT2D eigenvalue weighted by Crippen LogP contribution is -2.49. The van der Waals surface area contributed by atoms with E-state index in [0.29, 0.717) is 5.54 Å². The van der Waals surface area contributed by atoms with Gasteiger partial charge in [0, 0.05) is 5.54 Å². The molecule has 1 saturated heterocycles. The van der Waals surface area contributed by atoms with Crippen molar-refractivity contribution in [2.75, 3.05) is 13.1 Å². The zero-order valence-corrected chi connectivity index (χ0v) is 17.4. The van der Waals surface area contributed by atoms with Crippen LogP contribution in [-0.4, -0.2) is 18.0 Å². The number of benzene rings is 2. The highest BCUT2D eigenvalue weighted by Gasteiger charge is 2.39. The highest BCUT2D eigenvalue weighted by molar-refractivity contribution is 9.10. The average Bonchev–Trinajstić information content (AvgIpc) is 2.73. The largest absolute Gasteiger partial charge is 0.294 e. The van der Waals surface area contributed by atoms with E-state index in [2.05, 4.69) is 51.2 Å². The van der Waals surface area contributed by atoms with Crippen LogP contribution in [0.3, 0.4) is 0 Å². The summed E-state index contributed by atoms with van der Waals surface area (Å²) in [5.41, 5.74) is 1.95. The van der Waals surface area contributed by atoms with Gasteiger partial charge in [0.2, 0.25) is 0 Å². The normalized spacial score (nSPS) is 19.8. The molecule has 0 radical (unpaired) electrons. The number of nitrogens with zero attached hydrogens (tertiary/aromatic N) is 1. The molecular formula is C23H28BrF2N. The van der Waals surface area contributed by atoms with Crippen molar-refractivity contribution in [2.24, 2.45) is 0 Å². The molecule has 0 spiro atoms. The van der Waals surface area contributed by atoms with E-state index in [9.17, 15) is 8.78 Å². The Kier molecular flexibility index (Phi) is 7.42. The summed E-state index contributed by atoms with van der Waals surface area (Å²) in [6, 6.07) is 14.5. The van der Waals surface area contributed by atoms with Crippen LogP contribution < -0.4 is 0 Å². The van der Waals surface area contributed by atoms with Crippen LogP contribution in [0.4, 0.5) is 8.78 Å². The minimum absolute atomic E-state index is 0.155. The first kappa shape index (κ1) is 20.5. The van der Waals surface area contributed by atoms with Gasteiger partial charge in [0.1, 0.15) is 11.6 Å². The fourth-order valence-corrected chi connectivity index (χ4v) is 4.82. The quantitative estimate of drug-likeness (QED) is 0.456. The molecule has 4 heteroatoms. The molecule has 1 nitrogen and oxygen atoms in total. The Balaban J connectivity index is 0.000000197. The summed E-state index contributed by atoms with van der Waals surface area (Å²) in [4.78, 5) is 2.81. The van der Waals surface area contributed by atoms with Crippen LogP contribution in [0, 0.1) is 11.6 Å². The summed E-state index contributed by atoms with van der Waals surface area (Å²) in [5, 5.41) is 0. The van der Waals surface area contributed by atoms with Crippen LogP contribution in [0.15, 0.2) is 53.0 Å². The van der Waals surface area contributed by atoms with E-state index in [4.69, 9.17) is 0 Å². The Morgan fingerprint density at radius 2 is 1.41 bits per heavy atom. The first-order chi connectivity index (χ1) is 13.1. The van der Waals surface area contributed by atoms with E-state index >= 15 is 0 Å². The van der Waals surface area contributed by atoms with Crippen molar-refractivity contribution in [1.82, 2.24) is 4.90 Å². The number of piperidine rings is 1. The third-order valence-corrected chi connectivity index (χ3v) is 6.44. The zero-order chi connectivity index (χ0) is 19.1. The molecule has 0 unspecified atom stereocenters. The van der Waals surface area contributed by atoms with Crippen molar-refractivity contribution in [1.29, 1.82) is 0 Å². The van der Waals surface area contributed by atoms with Gasteiger partial charge >= 0.3 is 0 Å². The molecule has 27 heavy (non-hydrogen) atoms. The first-order valence-corrected chi connectivity index (χ1v) is 10.8. The van der Waals surface area contributed by atoms with Gasteiger partial charge in [-0.15, -0.1) is 0 Å². The van der Waals surface area contributed by atoms with E-state index < -0.39 is 11.6 Å². The van der Waals surface area contributed by atoms with Gasteiger partial charge in [0.25, 0.3) is 0 Å². The molecule has 0 atom stereocenters. The minimum atomic E-state index is -0.448.